The average molecular weight is 305 g/mol. The first-order chi connectivity index (χ1) is 9.60. The van der Waals surface area contributed by atoms with Crippen molar-refractivity contribution in [2.75, 3.05) is 6.54 Å². The molecule has 0 bridgehead atoms. The Balaban J connectivity index is 2.41. The predicted octanol–water partition coefficient (Wildman–Crippen LogP) is 1.25. The summed E-state index contributed by atoms with van der Waals surface area (Å²) in [5.74, 6) is -1.12. The van der Waals surface area contributed by atoms with Gasteiger partial charge in [0.2, 0.25) is 5.28 Å². The molecule has 1 aliphatic rings. The first-order valence-corrected chi connectivity index (χ1v) is 6.33. The fourth-order valence-electron chi connectivity index (χ4n) is 1.41. The molecule has 1 fully saturated rings. The van der Waals surface area contributed by atoms with Crippen molar-refractivity contribution in [1.82, 2.24) is 5.01 Å². The number of aliphatic carboxylic acids is 1. The summed E-state index contributed by atoms with van der Waals surface area (Å²) in [6.07, 6.45) is -1.76. The zero-order valence-electron chi connectivity index (χ0n) is 12.3. The molecule has 10 nitrogen and oxygen atoms in total. The number of ether oxygens (including phenoxy) is 2. The van der Waals surface area contributed by atoms with Gasteiger partial charge in [0.15, 0.2) is 6.04 Å². The van der Waals surface area contributed by atoms with E-state index < -0.39 is 30.1 Å². The Morgan fingerprint density at radius 2 is 2.10 bits per heavy atom. The van der Waals surface area contributed by atoms with Gasteiger partial charge in [-0.25, -0.2) is 9.59 Å². The number of hydrazine groups is 1. The van der Waals surface area contributed by atoms with E-state index in [0.29, 0.717) is 6.42 Å². The molecule has 0 aromatic carbocycles. The van der Waals surface area contributed by atoms with Gasteiger partial charge in [0.1, 0.15) is 5.60 Å². The van der Waals surface area contributed by atoms with Crippen molar-refractivity contribution in [3.05, 3.63) is 5.21 Å². The van der Waals surface area contributed by atoms with E-state index in [1.807, 2.05) is 0 Å². The van der Waals surface area contributed by atoms with Crippen LogP contribution in [0.25, 0.3) is 0 Å². The van der Waals surface area contributed by atoms with Gasteiger partial charge in [-0.05, 0) is 20.8 Å². The van der Waals surface area contributed by atoms with Crippen LogP contribution in [0, 0.1) is 5.21 Å². The van der Waals surface area contributed by atoms with Crippen molar-refractivity contribution in [1.29, 1.82) is 0 Å². The summed E-state index contributed by atoms with van der Waals surface area (Å²) < 4.78 is 9.59. The first-order valence-electron chi connectivity index (χ1n) is 6.33. The third kappa shape index (κ3) is 5.32. The number of carboxylic acids is 1. The van der Waals surface area contributed by atoms with Gasteiger partial charge in [0, 0.05) is 13.3 Å². The summed E-state index contributed by atoms with van der Waals surface area (Å²) in [6.45, 7) is 6.60. The molecular formula is C11H19N3O7. The first kappa shape index (κ1) is 16.8. The van der Waals surface area contributed by atoms with Gasteiger partial charge in [-0.2, -0.15) is 0 Å². The van der Waals surface area contributed by atoms with E-state index >= 15 is 0 Å². The topological polar surface area (TPSA) is 124 Å². The molecule has 0 amide bonds. The minimum absolute atomic E-state index is 0.0250. The lowest BCUT2D eigenvalue weighted by molar-refractivity contribution is -0.730. The van der Waals surface area contributed by atoms with Crippen LogP contribution in [0.5, 0.6) is 0 Å². The van der Waals surface area contributed by atoms with E-state index in [-0.39, 0.29) is 11.5 Å². The van der Waals surface area contributed by atoms with Crippen LogP contribution < -0.4 is 0 Å². The second kappa shape index (κ2) is 6.46. The quantitative estimate of drug-likeness (QED) is 0.264. The highest BCUT2D eigenvalue weighted by Crippen LogP contribution is 2.17. The fraction of sp³-hybridized carbons (Fsp3) is 0.818. The third-order valence-corrected chi connectivity index (χ3v) is 2.41. The standard InChI is InChI=1S/C11H19N3O7/c1-7(19-10(17)20-11(2,3)4)21-12-14(18)13-6-5-8(13)9(15)16/h7-8H,5-6H2,1-4H3,(H,15,16)/b14-12+/t7?,8-/m0/s1. The molecule has 0 aliphatic carbocycles. The number of hydrogen-bond acceptors (Lipinski definition) is 7. The van der Waals surface area contributed by atoms with Gasteiger partial charge < -0.3 is 19.8 Å². The van der Waals surface area contributed by atoms with E-state index in [0.717, 1.165) is 5.01 Å². The SMILES string of the molecule is CC(O/N=[N+](/[O-])N1CC[C@H]1C(=O)O)OC(=O)OC(C)(C)C. The van der Waals surface area contributed by atoms with Crippen LogP contribution in [0.3, 0.4) is 0 Å². The lowest BCUT2D eigenvalue weighted by Crippen LogP contribution is -2.55. The molecule has 1 unspecified atom stereocenters. The Kier molecular flexibility index (Phi) is 5.17. The van der Waals surface area contributed by atoms with Gasteiger partial charge in [0.05, 0.1) is 11.5 Å². The maximum atomic E-state index is 11.5. The molecule has 10 heteroatoms. The van der Waals surface area contributed by atoms with Crippen LogP contribution in [-0.4, -0.2) is 51.7 Å². The Labute approximate surface area is 121 Å². The summed E-state index contributed by atoms with van der Waals surface area (Å²) in [7, 11) is 0. The lowest BCUT2D eigenvalue weighted by Gasteiger charge is -2.32. The number of carboxylic acid groups (broad SMARTS) is 1. The van der Waals surface area contributed by atoms with Crippen molar-refractivity contribution in [3.8, 4) is 0 Å². The van der Waals surface area contributed by atoms with Crippen molar-refractivity contribution in [2.24, 2.45) is 5.28 Å². The maximum Gasteiger partial charge on any atom is 0.511 e. The van der Waals surface area contributed by atoms with Gasteiger partial charge in [-0.1, -0.05) is 0 Å². The summed E-state index contributed by atoms with van der Waals surface area (Å²) >= 11 is 0. The zero-order chi connectivity index (χ0) is 16.2. The summed E-state index contributed by atoms with van der Waals surface area (Å²) in [4.78, 5) is 26.7. The number of carbonyl (C=O) groups excluding carboxylic acids is 1. The highest BCUT2D eigenvalue weighted by atomic mass is 16.8. The molecule has 21 heavy (non-hydrogen) atoms. The highest BCUT2D eigenvalue weighted by molar-refractivity contribution is 5.74. The minimum atomic E-state index is -1.15. The molecule has 1 N–H and O–H groups in total. The Hall–Kier alpha value is -2.26. The Morgan fingerprint density at radius 3 is 2.52 bits per heavy atom. The number of rotatable bonds is 5. The number of hydrogen-bond donors (Lipinski definition) is 1. The van der Waals surface area contributed by atoms with Crippen LogP contribution in [-0.2, 0) is 19.1 Å². The van der Waals surface area contributed by atoms with Crippen LogP contribution in [0.4, 0.5) is 4.79 Å². The monoisotopic (exact) mass is 305 g/mol. The Bertz CT molecular complexity index is 432. The van der Waals surface area contributed by atoms with Crippen molar-refractivity contribution in [2.45, 2.75) is 52.0 Å². The summed E-state index contributed by atoms with van der Waals surface area (Å²) in [5, 5.41) is 24.4. The Morgan fingerprint density at radius 1 is 1.48 bits per heavy atom. The molecule has 0 saturated carbocycles. The van der Waals surface area contributed by atoms with Crippen LogP contribution in [0.1, 0.15) is 34.1 Å². The van der Waals surface area contributed by atoms with Gasteiger partial charge in [-0.15, -0.1) is 5.01 Å². The second-order valence-electron chi connectivity index (χ2n) is 5.40. The van der Waals surface area contributed by atoms with E-state index in [1.165, 1.54) is 6.92 Å². The maximum absolute atomic E-state index is 11.5. The molecule has 0 spiro atoms. The van der Waals surface area contributed by atoms with E-state index in [2.05, 4.69) is 10.1 Å². The molecular weight excluding hydrogens is 286 g/mol. The molecule has 1 saturated heterocycles. The van der Waals surface area contributed by atoms with Gasteiger partial charge >= 0.3 is 12.1 Å². The molecule has 120 valence electrons. The third-order valence-electron chi connectivity index (χ3n) is 2.41. The van der Waals surface area contributed by atoms with Crippen molar-refractivity contribution < 1.29 is 34.0 Å². The second-order valence-corrected chi connectivity index (χ2v) is 5.40. The van der Waals surface area contributed by atoms with Crippen LogP contribution in [0.2, 0.25) is 0 Å². The zero-order valence-corrected chi connectivity index (χ0v) is 12.3. The molecule has 1 aliphatic heterocycles. The highest BCUT2D eigenvalue weighted by Gasteiger charge is 2.41. The van der Waals surface area contributed by atoms with Gasteiger partial charge in [-0.3, -0.25) is 4.84 Å². The van der Waals surface area contributed by atoms with Crippen LogP contribution in [0.15, 0.2) is 5.28 Å². The van der Waals surface area contributed by atoms with Crippen molar-refractivity contribution >= 4 is 12.1 Å². The van der Waals surface area contributed by atoms with E-state index in [1.54, 1.807) is 20.8 Å². The lowest BCUT2D eigenvalue weighted by atomic mass is 10.1. The smallest absolute Gasteiger partial charge is 0.511 e. The largest absolute Gasteiger partial charge is 0.569 e. The molecule has 1 rings (SSSR count). The molecule has 0 aromatic heterocycles. The molecule has 2 atom stereocenters. The molecule has 1 heterocycles. The minimum Gasteiger partial charge on any atom is -0.569 e. The fourth-order valence-corrected chi connectivity index (χ4v) is 1.41. The van der Waals surface area contributed by atoms with Crippen LogP contribution >= 0.6 is 0 Å². The average Bonchev–Trinajstić information content (AvgIpc) is 2.20. The number of carbonyl (C=O) groups is 2. The molecule has 0 aromatic rings. The van der Waals surface area contributed by atoms with E-state index in [4.69, 9.17) is 14.6 Å². The van der Waals surface area contributed by atoms with Crippen molar-refractivity contribution in [3.63, 3.8) is 0 Å². The van der Waals surface area contributed by atoms with E-state index in [9.17, 15) is 14.8 Å². The summed E-state index contributed by atoms with van der Waals surface area (Å²) in [5.41, 5.74) is -0.717. The summed E-state index contributed by atoms with van der Waals surface area (Å²) in [6, 6.07) is -0.920. The molecule has 0 radical (unpaired) electrons. The number of nitrogens with zero attached hydrogens (tertiary/aromatic N) is 3. The van der Waals surface area contributed by atoms with Gasteiger partial charge in [0.25, 0.3) is 6.29 Å². The normalized spacial score (nSPS) is 20.3. The predicted molar refractivity (Wildman–Crippen MR) is 66.7 cm³/mol.